The Balaban J connectivity index is 2.28. The summed E-state index contributed by atoms with van der Waals surface area (Å²) in [5.74, 6) is -6.77. The van der Waals surface area contributed by atoms with E-state index < -0.39 is 64.1 Å². The Kier molecular flexibility index (Phi) is 11.1. The normalized spacial score (nSPS) is 15.2. The summed E-state index contributed by atoms with van der Waals surface area (Å²) >= 11 is 17.4. The van der Waals surface area contributed by atoms with Gasteiger partial charge in [-0.05, 0) is 48.4 Å². The molecule has 0 bridgehead atoms. The Morgan fingerprint density at radius 3 is 2.13 bits per heavy atom. The fraction of sp³-hybridized carbons (Fsp3) is 0.348. The highest BCUT2D eigenvalue weighted by molar-refractivity contribution is 7.85. The monoisotopic (exact) mass is 627 g/mol. The summed E-state index contributed by atoms with van der Waals surface area (Å²) in [4.78, 5) is 12.6. The number of ether oxygens (including phenoxy) is 1. The minimum Gasteiger partial charge on any atom is -0.361 e. The number of benzene rings is 2. The molecule has 1 amide bonds. The molecule has 0 heterocycles. The first-order valence-electron chi connectivity index (χ1n) is 10.4. The number of nitrogens with one attached hydrogen (secondary N) is 1. The Hall–Kier alpha value is -1.86. The summed E-state index contributed by atoms with van der Waals surface area (Å²) in [5, 5.41) is 1.61. The highest BCUT2D eigenvalue weighted by Gasteiger charge is 2.40. The fourth-order valence-corrected chi connectivity index (χ4v) is 4.90. The molecule has 0 spiro atoms. The molecule has 38 heavy (non-hydrogen) atoms. The van der Waals surface area contributed by atoms with Gasteiger partial charge in [-0.15, -0.1) is 0 Å². The minimum atomic E-state index is -4.92. The van der Waals surface area contributed by atoms with Crippen LogP contribution in [0.25, 0.3) is 5.83 Å². The van der Waals surface area contributed by atoms with Crippen LogP contribution in [-0.4, -0.2) is 47.3 Å². The van der Waals surface area contributed by atoms with E-state index >= 15 is 0 Å². The zero-order chi connectivity index (χ0) is 29.0. The van der Waals surface area contributed by atoms with E-state index in [1.54, 1.807) is 0 Å². The number of allylic oxidation sites excluding steroid dienone is 1. The van der Waals surface area contributed by atoms with Crippen molar-refractivity contribution in [3.63, 3.8) is 0 Å². The molecule has 3 unspecified atom stereocenters. The highest BCUT2D eigenvalue weighted by Crippen LogP contribution is 2.42. The minimum absolute atomic E-state index is 0.0613. The lowest BCUT2D eigenvalue weighted by Crippen LogP contribution is -2.41. The van der Waals surface area contributed by atoms with Crippen LogP contribution >= 0.6 is 34.8 Å². The van der Waals surface area contributed by atoms with E-state index in [9.17, 15) is 39.7 Å². The van der Waals surface area contributed by atoms with Crippen LogP contribution in [0.15, 0.2) is 36.4 Å². The van der Waals surface area contributed by atoms with E-state index in [1.807, 2.05) is 0 Å². The molecule has 2 aromatic rings. The van der Waals surface area contributed by atoms with Crippen molar-refractivity contribution >= 4 is 57.3 Å². The summed E-state index contributed by atoms with van der Waals surface area (Å²) in [7, 11) is -1.29. The van der Waals surface area contributed by atoms with Gasteiger partial charge in [0.25, 0.3) is 5.91 Å². The zero-order valence-corrected chi connectivity index (χ0v) is 22.5. The summed E-state index contributed by atoms with van der Waals surface area (Å²) in [6.07, 6.45) is -10.6. The van der Waals surface area contributed by atoms with Gasteiger partial charge >= 0.3 is 12.4 Å². The van der Waals surface area contributed by atoms with Crippen molar-refractivity contribution in [1.29, 1.82) is 0 Å². The molecule has 15 heteroatoms. The number of amides is 1. The molecule has 0 aromatic heterocycles. The van der Waals surface area contributed by atoms with Gasteiger partial charge in [-0.25, -0.2) is 4.39 Å². The first-order valence-corrected chi connectivity index (χ1v) is 13.0. The van der Waals surface area contributed by atoms with Gasteiger partial charge in [0, 0.05) is 29.0 Å². The van der Waals surface area contributed by atoms with E-state index in [4.69, 9.17) is 39.5 Å². The maximum Gasteiger partial charge on any atom is 0.400 e. The van der Waals surface area contributed by atoms with Crippen LogP contribution in [0.4, 0.5) is 30.7 Å². The van der Waals surface area contributed by atoms with Gasteiger partial charge in [0.15, 0.2) is 0 Å². The van der Waals surface area contributed by atoms with Gasteiger partial charge in [0.1, 0.15) is 23.7 Å². The Morgan fingerprint density at radius 1 is 1.08 bits per heavy atom. The van der Waals surface area contributed by atoms with Crippen molar-refractivity contribution in [2.75, 3.05) is 18.6 Å². The van der Waals surface area contributed by atoms with Gasteiger partial charge in [0.2, 0.25) is 0 Å². The van der Waals surface area contributed by atoms with Gasteiger partial charge in [0.05, 0.1) is 20.8 Å². The quantitative estimate of drug-likeness (QED) is 0.177. The van der Waals surface area contributed by atoms with E-state index in [-0.39, 0.29) is 31.8 Å². The number of carbonyl (C=O) groups excluding carboxylic acids is 1. The Bertz CT molecular complexity index is 1210. The number of hydrogen-bond donors (Lipinski definition) is 1. The molecule has 0 radical (unpaired) electrons. The fourth-order valence-electron chi connectivity index (χ4n) is 3.25. The van der Waals surface area contributed by atoms with Gasteiger partial charge in [-0.3, -0.25) is 9.00 Å². The topological polar surface area (TPSA) is 55.4 Å². The first kappa shape index (κ1) is 32.4. The third-order valence-corrected chi connectivity index (χ3v) is 7.54. The van der Waals surface area contributed by atoms with Crippen LogP contribution in [0.2, 0.25) is 15.1 Å². The van der Waals surface area contributed by atoms with E-state index in [1.165, 1.54) is 6.92 Å². The number of carbonyl (C=O) groups is 1. The third-order valence-electron chi connectivity index (χ3n) is 5.02. The van der Waals surface area contributed by atoms with Gasteiger partial charge in [-0.2, -0.15) is 26.3 Å². The van der Waals surface area contributed by atoms with Crippen molar-refractivity contribution in [2.24, 2.45) is 0 Å². The number of rotatable bonds is 9. The summed E-state index contributed by atoms with van der Waals surface area (Å²) in [6, 6.07) is 5.12. The lowest BCUT2D eigenvalue weighted by molar-refractivity contribution is -0.139. The Morgan fingerprint density at radius 2 is 1.66 bits per heavy atom. The molecule has 210 valence electrons. The lowest BCUT2D eigenvalue weighted by atomic mass is 9.95. The van der Waals surface area contributed by atoms with Crippen LogP contribution in [0.5, 0.6) is 0 Å². The van der Waals surface area contributed by atoms with Gasteiger partial charge in [-0.1, -0.05) is 40.9 Å². The van der Waals surface area contributed by atoms with Crippen molar-refractivity contribution in [3.8, 4) is 0 Å². The van der Waals surface area contributed by atoms with Gasteiger partial charge < -0.3 is 10.1 Å². The predicted octanol–water partition coefficient (Wildman–Crippen LogP) is 7.63. The second kappa shape index (κ2) is 13.0. The van der Waals surface area contributed by atoms with Crippen LogP contribution in [0.3, 0.4) is 0 Å². The second-order valence-corrected chi connectivity index (χ2v) is 10.6. The molecule has 0 aliphatic carbocycles. The van der Waals surface area contributed by atoms with E-state index in [0.717, 1.165) is 37.4 Å². The van der Waals surface area contributed by atoms with Crippen molar-refractivity contribution in [2.45, 2.75) is 31.4 Å². The van der Waals surface area contributed by atoms with Crippen LogP contribution in [0, 0.1) is 6.92 Å². The number of alkyl halides is 6. The third kappa shape index (κ3) is 9.11. The van der Waals surface area contributed by atoms with E-state index in [0.29, 0.717) is 6.08 Å². The predicted molar refractivity (Wildman–Crippen MR) is 133 cm³/mol. The Labute approximate surface area is 230 Å². The average molecular weight is 629 g/mol. The molecule has 0 fully saturated rings. The maximum atomic E-state index is 15.0. The molecule has 0 aliphatic heterocycles. The second-order valence-electron chi connectivity index (χ2n) is 7.93. The van der Waals surface area contributed by atoms with Crippen molar-refractivity contribution in [1.82, 2.24) is 5.32 Å². The largest absolute Gasteiger partial charge is 0.400 e. The summed E-state index contributed by atoms with van der Waals surface area (Å²) in [5.41, 5.74) is -0.660. The number of methoxy groups -OCH3 is 1. The molecular weight excluding hydrogens is 610 g/mol. The highest BCUT2D eigenvalue weighted by atomic mass is 35.5. The van der Waals surface area contributed by atoms with Crippen LogP contribution in [-0.2, 0) is 15.5 Å². The zero-order valence-electron chi connectivity index (χ0n) is 19.4. The standard InChI is InChI=1S/C23H19Cl3F7NO3S/c1-11-5-12(3-4-14(11)21(35)34-19(37-2)9-38(36)10-22(28,29)30)18(27)8-15(23(31,32)33)13-6-16(24)20(26)17(25)7-13/h3-8,15,19H,9-10H2,1-2H3,(H,34,35)/b18-8-. The summed E-state index contributed by atoms with van der Waals surface area (Å²) < 4.78 is 110. The molecule has 4 nitrogen and oxygen atoms in total. The SMILES string of the molecule is COC(CS(=O)CC(F)(F)F)NC(=O)c1ccc(/C(F)=C/C(c2cc(Cl)c(Cl)c(Cl)c2)C(F)(F)F)cc1C. The molecule has 2 aromatic carbocycles. The smallest absolute Gasteiger partial charge is 0.361 e. The molecule has 1 N–H and O–H groups in total. The molecular formula is C23H19Cl3F7NO3S. The molecule has 0 saturated carbocycles. The molecule has 3 atom stereocenters. The number of hydrogen-bond acceptors (Lipinski definition) is 3. The lowest BCUT2D eigenvalue weighted by Gasteiger charge is -2.19. The maximum absolute atomic E-state index is 15.0. The number of halogens is 10. The molecule has 0 saturated heterocycles. The van der Waals surface area contributed by atoms with Crippen LogP contribution < -0.4 is 5.32 Å². The average Bonchev–Trinajstić information content (AvgIpc) is 2.77. The van der Waals surface area contributed by atoms with Crippen molar-refractivity contribution < 1.29 is 44.5 Å². The van der Waals surface area contributed by atoms with E-state index in [2.05, 4.69) is 5.32 Å². The van der Waals surface area contributed by atoms with Crippen LogP contribution in [0.1, 0.15) is 33.0 Å². The molecule has 2 rings (SSSR count). The number of aryl methyl sites for hydroxylation is 1. The summed E-state index contributed by atoms with van der Waals surface area (Å²) in [6.45, 7) is 1.37. The van der Waals surface area contributed by atoms with Crippen molar-refractivity contribution in [3.05, 3.63) is 73.7 Å². The molecule has 0 aliphatic rings. The first-order chi connectivity index (χ1) is 17.4.